The summed E-state index contributed by atoms with van der Waals surface area (Å²) in [7, 11) is 0. The van der Waals surface area contributed by atoms with E-state index in [1.165, 1.54) is 12.1 Å². The second-order valence-corrected chi connectivity index (χ2v) is 8.25. The lowest BCUT2D eigenvalue weighted by atomic mass is 10.2. The van der Waals surface area contributed by atoms with Gasteiger partial charge in [-0.3, -0.25) is 9.48 Å². The number of benzene rings is 2. The van der Waals surface area contributed by atoms with Crippen LogP contribution in [0.1, 0.15) is 21.9 Å². The third-order valence-electron chi connectivity index (χ3n) is 4.31. The molecule has 2 aromatic heterocycles. The summed E-state index contributed by atoms with van der Waals surface area (Å²) in [6, 6.07) is 16.7. The molecule has 0 radical (unpaired) electrons. The number of rotatable bonds is 7. The van der Waals surface area contributed by atoms with Crippen molar-refractivity contribution in [3.63, 3.8) is 0 Å². The highest BCUT2D eigenvalue weighted by atomic mass is 127. The van der Waals surface area contributed by atoms with Crippen molar-refractivity contribution >= 4 is 45.9 Å². The molecule has 9 heteroatoms. The molecule has 2 heterocycles. The molecule has 2 aromatic carbocycles. The summed E-state index contributed by atoms with van der Waals surface area (Å²) in [6.07, 6.45) is 1.69. The van der Waals surface area contributed by atoms with Gasteiger partial charge in [-0.2, -0.15) is 5.10 Å². The zero-order valence-electron chi connectivity index (χ0n) is 16.0. The van der Waals surface area contributed by atoms with E-state index in [9.17, 15) is 9.18 Å². The molecule has 0 aliphatic carbocycles. The van der Waals surface area contributed by atoms with Crippen molar-refractivity contribution in [3.8, 4) is 5.75 Å². The number of nitrogens with zero attached hydrogens (tertiary/aromatic N) is 2. The SMILES string of the molecule is O=C(Nc1ccn(Cc2ccc(F)cc2Cl)n1)c1ccc(COc2ccc(I)cc2)o1. The molecule has 31 heavy (non-hydrogen) atoms. The summed E-state index contributed by atoms with van der Waals surface area (Å²) < 4.78 is 27.1. The lowest BCUT2D eigenvalue weighted by Gasteiger charge is -2.05. The highest BCUT2D eigenvalue weighted by Crippen LogP contribution is 2.19. The van der Waals surface area contributed by atoms with Crippen LogP contribution in [0.4, 0.5) is 10.2 Å². The Balaban J connectivity index is 1.34. The van der Waals surface area contributed by atoms with Crippen LogP contribution in [0.25, 0.3) is 0 Å². The van der Waals surface area contributed by atoms with Crippen LogP contribution in [-0.2, 0) is 13.2 Å². The first-order valence-electron chi connectivity index (χ1n) is 9.22. The predicted molar refractivity (Wildman–Crippen MR) is 123 cm³/mol. The van der Waals surface area contributed by atoms with Gasteiger partial charge in [-0.05, 0) is 76.7 Å². The number of aromatic nitrogens is 2. The molecule has 0 aliphatic rings. The zero-order chi connectivity index (χ0) is 21.8. The molecule has 0 unspecified atom stereocenters. The smallest absolute Gasteiger partial charge is 0.292 e. The van der Waals surface area contributed by atoms with Crippen molar-refractivity contribution in [2.24, 2.45) is 0 Å². The molecule has 1 N–H and O–H groups in total. The number of furan rings is 1. The Morgan fingerprint density at radius 3 is 2.74 bits per heavy atom. The number of amides is 1. The van der Waals surface area contributed by atoms with Gasteiger partial charge in [0, 0.05) is 20.9 Å². The topological polar surface area (TPSA) is 69.3 Å². The van der Waals surface area contributed by atoms with Gasteiger partial charge in [0.15, 0.2) is 11.6 Å². The van der Waals surface area contributed by atoms with Crippen LogP contribution in [0.2, 0.25) is 5.02 Å². The molecule has 158 valence electrons. The molecule has 0 atom stereocenters. The minimum absolute atomic E-state index is 0.150. The Bertz CT molecular complexity index is 1210. The molecule has 4 rings (SSSR count). The Labute approximate surface area is 196 Å². The number of carbonyl (C=O) groups is 1. The third kappa shape index (κ3) is 5.65. The largest absolute Gasteiger partial charge is 0.486 e. The summed E-state index contributed by atoms with van der Waals surface area (Å²) in [5.74, 6) is 0.929. The van der Waals surface area contributed by atoms with Crippen LogP contribution in [0.5, 0.6) is 5.75 Å². The maximum atomic E-state index is 13.2. The van der Waals surface area contributed by atoms with Gasteiger partial charge in [0.1, 0.15) is 23.9 Å². The van der Waals surface area contributed by atoms with Crippen LogP contribution >= 0.6 is 34.2 Å². The minimum Gasteiger partial charge on any atom is -0.486 e. The van der Waals surface area contributed by atoms with Crippen molar-refractivity contribution < 1.29 is 18.3 Å². The van der Waals surface area contributed by atoms with Gasteiger partial charge >= 0.3 is 0 Å². The number of ether oxygens (including phenoxy) is 1. The van der Waals surface area contributed by atoms with Gasteiger partial charge in [-0.25, -0.2) is 4.39 Å². The van der Waals surface area contributed by atoms with E-state index in [1.807, 2.05) is 24.3 Å². The van der Waals surface area contributed by atoms with Crippen molar-refractivity contribution in [1.82, 2.24) is 9.78 Å². The van der Waals surface area contributed by atoms with Crippen LogP contribution < -0.4 is 10.1 Å². The fourth-order valence-corrected chi connectivity index (χ4v) is 3.37. The molecule has 6 nitrogen and oxygen atoms in total. The van der Waals surface area contributed by atoms with Gasteiger partial charge in [-0.1, -0.05) is 17.7 Å². The quantitative estimate of drug-likeness (QED) is 0.297. The normalized spacial score (nSPS) is 10.8. The lowest BCUT2D eigenvalue weighted by Crippen LogP contribution is -2.12. The molecule has 1 amide bonds. The molecule has 0 saturated heterocycles. The van der Waals surface area contributed by atoms with Crippen LogP contribution in [0.15, 0.2) is 71.3 Å². The molecule has 0 bridgehead atoms. The fourth-order valence-electron chi connectivity index (χ4n) is 2.78. The first-order chi connectivity index (χ1) is 15.0. The minimum atomic E-state index is -0.425. The van der Waals surface area contributed by atoms with Crippen LogP contribution in [-0.4, -0.2) is 15.7 Å². The van der Waals surface area contributed by atoms with Crippen molar-refractivity contribution in [3.05, 3.63) is 98.4 Å². The monoisotopic (exact) mass is 551 g/mol. The Morgan fingerprint density at radius 2 is 1.97 bits per heavy atom. The van der Waals surface area contributed by atoms with Gasteiger partial charge in [0.05, 0.1) is 6.54 Å². The molecule has 4 aromatic rings. The molecular weight excluding hydrogens is 536 g/mol. The van der Waals surface area contributed by atoms with Gasteiger partial charge < -0.3 is 14.5 Å². The molecular formula is C22H16ClFIN3O3. The third-order valence-corrected chi connectivity index (χ3v) is 5.38. The molecule has 0 fully saturated rings. The average Bonchev–Trinajstić information content (AvgIpc) is 3.39. The van der Waals surface area contributed by atoms with Crippen molar-refractivity contribution in [2.45, 2.75) is 13.2 Å². The van der Waals surface area contributed by atoms with E-state index in [0.29, 0.717) is 28.7 Å². The average molecular weight is 552 g/mol. The summed E-state index contributed by atoms with van der Waals surface area (Å²) in [5, 5.41) is 7.29. The van der Waals surface area contributed by atoms with E-state index in [0.717, 1.165) is 9.32 Å². The maximum Gasteiger partial charge on any atom is 0.292 e. The second kappa shape index (κ2) is 9.52. The van der Waals surface area contributed by atoms with E-state index in [-0.39, 0.29) is 12.4 Å². The second-order valence-electron chi connectivity index (χ2n) is 6.60. The van der Waals surface area contributed by atoms with E-state index in [1.54, 1.807) is 35.1 Å². The van der Waals surface area contributed by atoms with Gasteiger partial charge in [0.25, 0.3) is 5.91 Å². The number of hydrogen-bond donors (Lipinski definition) is 1. The summed E-state index contributed by atoms with van der Waals surface area (Å²) in [6.45, 7) is 0.552. The van der Waals surface area contributed by atoms with Crippen LogP contribution in [0.3, 0.4) is 0 Å². The van der Waals surface area contributed by atoms with E-state index >= 15 is 0 Å². The number of carbonyl (C=O) groups excluding carboxylic acids is 1. The van der Waals surface area contributed by atoms with Crippen molar-refractivity contribution in [1.29, 1.82) is 0 Å². The number of nitrogens with one attached hydrogen (secondary N) is 1. The van der Waals surface area contributed by atoms with Gasteiger partial charge in [0.2, 0.25) is 0 Å². The zero-order valence-corrected chi connectivity index (χ0v) is 18.9. The van der Waals surface area contributed by atoms with E-state index < -0.39 is 11.7 Å². The summed E-state index contributed by atoms with van der Waals surface area (Å²) >= 11 is 8.27. The number of hydrogen-bond acceptors (Lipinski definition) is 4. The Morgan fingerprint density at radius 1 is 1.16 bits per heavy atom. The van der Waals surface area contributed by atoms with Gasteiger partial charge in [-0.15, -0.1) is 0 Å². The summed E-state index contributed by atoms with van der Waals surface area (Å²) in [4.78, 5) is 12.4. The number of halogens is 3. The highest BCUT2D eigenvalue weighted by molar-refractivity contribution is 14.1. The Hall–Kier alpha value is -2.85. The Kier molecular flexibility index (Phi) is 6.57. The van der Waals surface area contributed by atoms with E-state index in [2.05, 4.69) is 33.0 Å². The fraction of sp³-hybridized carbons (Fsp3) is 0.0909. The standard InChI is InChI=1S/C22H16ClFIN3O3/c23-19-11-15(24)2-1-14(19)12-28-10-9-21(27-28)26-22(29)20-8-7-18(31-20)13-30-17-5-3-16(25)4-6-17/h1-11H,12-13H2,(H,26,27,29). The molecule has 0 aliphatic heterocycles. The molecule has 0 saturated carbocycles. The predicted octanol–water partition coefficient (Wildman–Crippen LogP) is 5.75. The number of anilines is 1. The van der Waals surface area contributed by atoms with Crippen molar-refractivity contribution in [2.75, 3.05) is 5.32 Å². The summed E-state index contributed by atoms with van der Waals surface area (Å²) in [5.41, 5.74) is 0.716. The van der Waals surface area contributed by atoms with Crippen LogP contribution in [0, 0.1) is 9.39 Å². The maximum absolute atomic E-state index is 13.2. The first-order valence-corrected chi connectivity index (χ1v) is 10.7. The highest BCUT2D eigenvalue weighted by Gasteiger charge is 2.14. The lowest BCUT2D eigenvalue weighted by molar-refractivity contribution is 0.0992. The first kappa shape index (κ1) is 21.4. The van der Waals surface area contributed by atoms with E-state index in [4.69, 9.17) is 20.8 Å². The molecule has 0 spiro atoms.